The van der Waals surface area contributed by atoms with Crippen LogP contribution < -0.4 is 4.90 Å². The van der Waals surface area contributed by atoms with Crippen molar-refractivity contribution in [3.05, 3.63) is 78.4 Å². The second-order valence-corrected chi connectivity index (χ2v) is 8.51. The number of hydrogen-bond donors (Lipinski definition) is 1. The second kappa shape index (κ2) is 7.54. The first kappa shape index (κ1) is 17.8. The minimum atomic E-state index is -3.54. The molecule has 1 aliphatic heterocycles. The van der Waals surface area contributed by atoms with Gasteiger partial charge in [0.2, 0.25) is 10.0 Å². The molecule has 3 aromatic rings. The zero-order valence-corrected chi connectivity index (χ0v) is 15.8. The average molecular weight is 382 g/mol. The molecule has 0 saturated carbocycles. The molecule has 1 N–H and O–H groups in total. The van der Waals surface area contributed by atoms with Crippen molar-refractivity contribution in [2.24, 2.45) is 0 Å². The van der Waals surface area contributed by atoms with Crippen LogP contribution in [0.1, 0.15) is 11.3 Å². The molecule has 4 rings (SSSR count). The topological polar surface area (TPSA) is 69.3 Å². The zero-order valence-electron chi connectivity index (χ0n) is 15.0. The Labute approximate surface area is 159 Å². The summed E-state index contributed by atoms with van der Waals surface area (Å²) in [4.78, 5) is 9.63. The Balaban J connectivity index is 1.62. The molecule has 0 radical (unpaired) electrons. The highest BCUT2D eigenvalue weighted by Gasteiger charge is 2.32. The molecular weight excluding hydrogens is 360 g/mol. The van der Waals surface area contributed by atoms with Gasteiger partial charge in [0.1, 0.15) is 4.90 Å². The Morgan fingerprint density at radius 1 is 1.00 bits per heavy atom. The SMILES string of the molecule is O=S1(=O)c2ccccc2N(Cc2cnc[nH]2)CCN1CCc1ccccc1. The molecule has 0 bridgehead atoms. The third-order valence-electron chi connectivity index (χ3n) is 4.85. The standard InChI is InChI=1S/C20H22N4O2S/c25-27(26)20-9-5-4-8-19(20)23(15-18-14-21-16-22-18)12-13-24(27)11-10-17-6-2-1-3-7-17/h1-9,14,16H,10-13,15H2,(H,21,22). The van der Waals surface area contributed by atoms with E-state index in [0.717, 1.165) is 16.9 Å². The van der Waals surface area contributed by atoms with Crippen LogP contribution in [0.5, 0.6) is 0 Å². The van der Waals surface area contributed by atoms with Crippen molar-refractivity contribution in [3.8, 4) is 0 Å². The molecule has 0 saturated heterocycles. The van der Waals surface area contributed by atoms with Crippen LogP contribution in [0, 0.1) is 0 Å². The van der Waals surface area contributed by atoms with Crippen LogP contribution in [-0.2, 0) is 23.0 Å². The van der Waals surface area contributed by atoms with E-state index < -0.39 is 10.0 Å². The molecule has 0 atom stereocenters. The van der Waals surface area contributed by atoms with Gasteiger partial charge >= 0.3 is 0 Å². The van der Waals surface area contributed by atoms with Crippen LogP contribution in [0.2, 0.25) is 0 Å². The first-order valence-electron chi connectivity index (χ1n) is 9.00. The quantitative estimate of drug-likeness (QED) is 0.737. The smallest absolute Gasteiger partial charge is 0.245 e. The number of imidazole rings is 1. The number of sulfonamides is 1. The molecule has 1 aliphatic rings. The summed E-state index contributed by atoms with van der Waals surface area (Å²) in [6.07, 6.45) is 4.11. The van der Waals surface area contributed by atoms with E-state index in [1.54, 1.807) is 29.0 Å². The largest absolute Gasteiger partial charge is 0.363 e. The predicted molar refractivity (Wildman–Crippen MR) is 105 cm³/mol. The first-order chi connectivity index (χ1) is 13.1. The molecule has 2 aromatic carbocycles. The number of H-pyrrole nitrogens is 1. The van der Waals surface area contributed by atoms with Crippen LogP contribution in [0.3, 0.4) is 0 Å². The number of fused-ring (bicyclic) bond motifs is 1. The monoisotopic (exact) mass is 382 g/mol. The van der Waals surface area contributed by atoms with Gasteiger partial charge in [-0.2, -0.15) is 4.31 Å². The molecule has 2 heterocycles. The highest BCUT2D eigenvalue weighted by atomic mass is 32.2. The second-order valence-electron chi connectivity index (χ2n) is 6.61. The number of hydrogen-bond acceptors (Lipinski definition) is 4. The lowest BCUT2D eigenvalue weighted by molar-refractivity contribution is 0.422. The molecular formula is C20H22N4O2S. The van der Waals surface area contributed by atoms with Crippen LogP contribution in [0.15, 0.2) is 72.0 Å². The Morgan fingerprint density at radius 3 is 2.56 bits per heavy atom. The molecule has 6 nitrogen and oxygen atoms in total. The Hall–Kier alpha value is -2.64. The highest BCUT2D eigenvalue weighted by Crippen LogP contribution is 2.31. The number of aromatic nitrogens is 2. The van der Waals surface area contributed by atoms with E-state index in [0.29, 0.717) is 37.5 Å². The first-order valence-corrected chi connectivity index (χ1v) is 10.4. The predicted octanol–water partition coefficient (Wildman–Crippen LogP) is 2.66. The summed E-state index contributed by atoms with van der Waals surface area (Å²) in [6.45, 7) is 2.15. The van der Waals surface area contributed by atoms with E-state index in [9.17, 15) is 8.42 Å². The zero-order chi connectivity index (χ0) is 18.7. The average Bonchev–Trinajstić information content (AvgIpc) is 3.17. The maximum atomic E-state index is 13.3. The molecule has 140 valence electrons. The molecule has 7 heteroatoms. The number of benzene rings is 2. The van der Waals surface area contributed by atoms with Crippen molar-refractivity contribution in [2.45, 2.75) is 17.9 Å². The molecule has 1 aromatic heterocycles. The fourth-order valence-corrected chi connectivity index (χ4v) is 5.06. The van der Waals surface area contributed by atoms with Gasteiger partial charge in [-0.1, -0.05) is 42.5 Å². The van der Waals surface area contributed by atoms with Crippen molar-refractivity contribution in [1.82, 2.24) is 14.3 Å². The normalized spacial score (nSPS) is 16.7. The number of nitrogens with one attached hydrogen (secondary N) is 1. The van der Waals surface area contributed by atoms with Gasteiger partial charge in [0.15, 0.2) is 0 Å². The van der Waals surface area contributed by atoms with Crippen molar-refractivity contribution < 1.29 is 8.42 Å². The van der Waals surface area contributed by atoms with Gasteiger partial charge < -0.3 is 9.88 Å². The summed E-state index contributed by atoms with van der Waals surface area (Å²) in [5.41, 5.74) is 2.84. The molecule has 0 spiro atoms. The highest BCUT2D eigenvalue weighted by molar-refractivity contribution is 7.89. The van der Waals surface area contributed by atoms with Gasteiger partial charge in [0.25, 0.3) is 0 Å². The van der Waals surface area contributed by atoms with Gasteiger partial charge in [-0.05, 0) is 24.1 Å². The van der Waals surface area contributed by atoms with Crippen molar-refractivity contribution in [3.63, 3.8) is 0 Å². The van der Waals surface area contributed by atoms with E-state index >= 15 is 0 Å². The Bertz CT molecular complexity index is 988. The van der Waals surface area contributed by atoms with Crippen LogP contribution >= 0.6 is 0 Å². The van der Waals surface area contributed by atoms with Crippen molar-refractivity contribution in [2.75, 3.05) is 24.5 Å². The lowest BCUT2D eigenvalue weighted by Gasteiger charge is -2.23. The van der Waals surface area contributed by atoms with Gasteiger partial charge in [-0.15, -0.1) is 0 Å². The van der Waals surface area contributed by atoms with E-state index in [1.807, 2.05) is 42.5 Å². The summed E-state index contributed by atoms with van der Waals surface area (Å²) < 4.78 is 28.1. The summed E-state index contributed by atoms with van der Waals surface area (Å²) in [7, 11) is -3.54. The lowest BCUT2D eigenvalue weighted by Crippen LogP contribution is -2.36. The molecule has 0 fully saturated rings. The molecule has 27 heavy (non-hydrogen) atoms. The van der Waals surface area contributed by atoms with Gasteiger partial charge in [-0.25, -0.2) is 13.4 Å². The fraction of sp³-hybridized carbons (Fsp3) is 0.250. The third-order valence-corrected chi connectivity index (χ3v) is 6.80. The summed E-state index contributed by atoms with van der Waals surface area (Å²) >= 11 is 0. The van der Waals surface area contributed by atoms with Crippen molar-refractivity contribution in [1.29, 1.82) is 0 Å². The van der Waals surface area contributed by atoms with Gasteiger partial charge in [-0.3, -0.25) is 0 Å². The number of rotatable bonds is 5. The van der Waals surface area contributed by atoms with Gasteiger partial charge in [0, 0.05) is 25.8 Å². The molecule has 0 amide bonds. The fourth-order valence-electron chi connectivity index (χ4n) is 3.42. The van der Waals surface area contributed by atoms with E-state index in [2.05, 4.69) is 14.9 Å². The van der Waals surface area contributed by atoms with E-state index in [1.165, 1.54) is 0 Å². The van der Waals surface area contributed by atoms with E-state index in [-0.39, 0.29) is 0 Å². The maximum Gasteiger partial charge on any atom is 0.245 e. The number of aromatic amines is 1. The minimum Gasteiger partial charge on any atom is -0.363 e. The molecule has 0 aliphatic carbocycles. The maximum absolute atomic E-state index is 13.3. The van der Waals surface area contributed by atoms with Crippen molar-refractivity contribution >= 4 is 15.7 Å². The van der Waals surface area contributed by atoms with E-state index in [4.69, 9.17) is 0 Å². The number of anilines is 1. The summed E-state index contributed by atoms with van der Waals surface area (Å²) in [5, 5.41) is 0. The molecule has 0 unspecified atom stereocenters. The minimum absolute atomic E-state index is 0.370. The lowest BCUT2D eigenvalue weighted by atomic mass is 10.1. The number of para-hydroxylation sites is 1. The Morgan fingerprint density at radius 2 is 1.78 bits per heavy atom. The summed E-state index contributed by atoms with van der Waals surface area (Å²) in [6, 6.07) is 17.2. The third kappa shape index (κ3) is 3.74. The van der Waals surface area contributed by atoms with Crippen LogP contribution in [0.25, 0.3) is 0 Å². The summed E-state index contributed by atoms with van der Waals surface area (Å²) in [5.74, 6) is 0. The number of nitrogens with zero attached hydrogens (tertiary/aromatic N) is 3. The Kier molecular flexibility index (Phi) is 4.96. The van der Waals surface area contributed by atoms with Crippen LogP contribution in [0.4, 0.5) is 5.69 Å². The van der Waals surface area contributed by atoms with Crippen LogP contribution in [-0.4, -0.2) is 42.3 Å². The van der Waals surface area contributed by atoms with Gasteiger partial charge in [0.05, 0.1) is 24.3 Å².